The Labute approximate surface area is 73.8 Å². The van der Waals surface area contributed by atoms with Crippen molar-refractivity contribution < 1.29 is 9.57 Å². The molecular weight excluding hydrogens is 150 g/mol. The van der Waals surface area contributed by atoms with Gasteiger partial charge in [-0.2, -0.15) is 0 Å². The summed E-state index contributed by atoms with van der Waals surface area (Å²) in [7, 11) is 0. The lowest BCUT2D eigenvalue weighted by Crippen LogP contribution is -2.50. The van der Waals surface area contributed by atoms with Crippen molar-refractivity contribution in [1.29, 1.82) is 0 Å². The van der Waals surface area contributed by atoms with Gasteiger partial charge in [0.25, 0.3) is 0 Å². The van der Waals surface area contributed by atoms with Gasteiger partial charge in [0.2, 0.25) is 12.4 Å². The normalized spacial score (nSPS) is 11.3. The lowest BCUT2D eigenvalue weighted by molar-refractivity contribution is -0.905. The molecular formula is C10H16NO+. The third kappa shape index (κ3) is 2.91. The van der Waals surface area contributed by atoms with Crippen LogP contribution in [0.1, 0.15) is 26.3 Å². The van der Waals surface area contributed by atoms with Crippen LogP contribution >= 0.6 is 0 Å². The predicted molar refractivity (Wildman–Crippen MR) is 47.7 cm³/mol. The fourth-order valence-electron chi connectivity index (χ4n) is 0.864. The molecule has 0 bridgehead atoms. The predicted octanol–water partition coefficient (Wildman–Crippen LogP) is 1.51. The Balaban J connectivity index is 2.71. The third-order valence-electron chi connectivity index (χ3n) is 1.35. The Bertz CT molecular complexity index is 246. The van der Waals surface area contributed by atoms with Crippen LogP contribution in [0.15, 0.2) is 24.5 Å². The summed E-state index contributed by atoms with van der Waals surface area (Å²) in [6.07, 6.45) is 3.83. The van der Waals surface area contributed by atoms with E-state index in [1.807, 2.05) is 45.3 Å². The van der Waals surface area contributed by atoms with Gasteiger partial charge in [0, 0.05) is 16.9 Å². The Hall–Kier alpha value is -1.05. The highest BCUT2D eigenvalue weighted by molar-refractivity contribution is 5.02. The first-order valence-electron chi connectivity index (χ1n) is 4.15. The zero-order valence-corrected chi connectivity index (χ0v) is 8.16. The van der Waals surface area contributed by atoms with Crippen LogP contribution in [0.4, 0.5) is 0 Å². The molecule has 1 aromatic heterocycles. The average Bonchev–Trinajstić information content (AvgIpc) is 1.91. The Kier molecular flexibility index (Phi) is 2.36. The van der Waals surface area contributed by atoms with Crippen LogP contribution in [-0.2, 0) is 0 Å². The van der Waals surface area contributed by atoms with Crippen LogP contribution in [0, 0.1) is 6.92 Å². The SMILES string of the molecule is Cc1cc[n+](OC(C)(C)C)cc1. The maximum absolute atomic E-state index is 5.57. The van der Waals surface area contributed by atoms with E-state index in [1.54, 1.807) is 4.73 Å². The van der Waals surface area contributed by atoms with E-state index in [4.69, 9.17) is 4.84 Å². The van der Waals surface area contributed by atoms with E-state index in [2.05, 4.69) is 6.92 Å². The second kappa shape index (κ2) is 3.13. The molecule has 1 heterocycles. The van der Waals surface area contributed by atoms with Crippen molar-refractivity contribution in [3.63, 3.8) is 0 Å². The number of aryl methyl sites for hydroxylation is 1. The van der Waals surface area contributed by atoms with Crippen LogP contribution in [0.2, 0.25) is 0 Å². The lowest BCUT2D eigenvalue weighted by Gasteiger charge is -2.12. The molecule has 66 valence electrons. The molecule has 0 aliphatic rings. The third-order valence-corrected chi connectivity index (χ3v) is 1.35. The molecule has 0 fully saturated rings. The second-order valence-electron chi connectivity index (χ2n) is 3.94. The summed E-state index contributed by atoms with van der Waals surface area (Å²) in [4.78, 5) is 5.57. The molecule has 2 nitrogen and oxygen atoms in total. The Morgan fingerprint density at radius 1 is 1.17 bits per heavy atom. The summed E-state index contributed by atoms with van der Waals surface area (Å²) in [6, 6.07) is 4.04. The van der Waals surface area contributed by atoms with Gasteiger partial charge in [0.1, 0.15) is 0 Å². The minimum Gasteiger partial charge on any atom is -0.266 e. The van der Waals surface area contributed by atoms with E-state index in [1.165, 1.54) is 5.56 Å². The van der Waals surface area contributed by atoms with E-state index < -0.39 is 0 Å². The molecule has 0 unspecified atom stereocenters. The van der Waals surface area contributed by atoms with Gasteiger partial charge in [-0.05, 0) is 33.3 Å². The standard InChI is InChI=1S/C10H16NO/c1-9-5-7-11(8-6-9)12-10(2,3)4/h5-8H,1-4H3/q+1. The summed E-state index contributed by atoms with van der Waals surface area (Å²) in [5.74, 6) is 0. The van der Waals surface area contributed by atoms with Crippen molar-refractivity contribution >= 4 is 0 Å². The van der Waals surface area contributed by atoms with Crippen molar-refractivity contribution in [3.05, 3.63) is 30.1 Å². The van der Waals surface area contributed by atoms with Gasteiger partial charge in [0.15, 0.2) is 5.60 Å². The molecule has 0 aromatic carbocycles. The molecule has 0 atom stereocenters. The van der Waals surface area contributed by atoms with Crippen molar-refractivity contribution in [2.24, 2.45) is 0 Å². The number of hydrogen-bond acceptors (Lipinski definition) is 1. The van der Waals surface area contributed by atoms with E-state index >= 15 is 0 Å². The number of hydrogen-bond donors (Lipinski definition) is 0. The van der Waals surface area contributed by atoms with Crippen LogP contribution < -0.4 is 9.57 Å². The van der Waals surface area contributed by atoms with Gasteiger partial charge >= 0.3 is 0 Å². The first kappa shape index (κ1) is 9.04. The summed E-state index contributed by atoms with van der Waals surface area (Å²) in [5, 5.41) is 0. The summed E-state index contributed by atoms with van der Waals surface area (Å²) < 4.78 is 1.73. The van der Waals surface area contributed by atoms with Gasteiger partial charge in [0.05, 0.1) is 0 Å². The molecule has 2 heteroatoms. The second-order valence-corrected chi connectivity index (χ2v) is 3.94. The fraction of sp³-hybridized carbons (Fsp3) is 0.500. The topological polar surface area (TPSA) is 13.1 Å². The molecule has 0 N–H and O–H groups in total. The molecule has 0 saturated carbocycles. The first-order chi connectivity index (χ1) is 5.47. The van der Waals surface area contributed by atoms with Crippen molar-refractivity contribution in [3.8, 4) is 0 Å². The number of aromatic nitrogens is 1. The number of nitrogens with zero attached hydrogens (tertiary/aromatic N) is 1. The van der Waals surface area contributed by atoms with Gasteiger partial charge in [-0.15, -0.1) is 0 Å². The van der Waals surface area contributed by atoms with Crippen molar-refractivity contribution in [1.82, 2.24) is 0 Å². The van der Waals surface area contributed by atoms with E-state index in [0.717, 1.165) is 0 Å². The smallest absolute Gasteiger partial charge is 0.222 e. The maximum atomic E-state index is 5.57. The molecule has 1 aromatic rings. The van der Waals surface area contributed by atoms with Crippen LogP contribution in [0.5, 0.6) is 0 Å². The fourth-order valence-corrected chi connectivity index (χ4v) is 0.864. The van der Waals surface area contributed by atoms with Gasteiger partial charge in [-0.1, -0.05) is 0 Å². The van der Waals surface area contributed by atoms with Gasteiger partial charge in [-0.3, -0.25) is 4.84 Å². The van der Waals surface area contributed by atoms with Crippen LogP contribution in [-0.4, -0.2) is 5.60 Å². The van der Waals surface area contributed by atoms with Gasteiger partial charge < -0.3 is 0 Å². The zero-order chi connectivity index (χ0) is 9.19. The van der Waals surface area contributed by atoms with E-state index in [9.17, 15) is 0 Å². The van der Waals surface area contributed by atoms with Crippen LogP contribution in [0.25, 0.3) is 0 Å². The number of pyridine rings is 1. The molecule has 0 radical (unpaired) electrons. The molecule has 0 spiro atoms. The van der Waals surface area contributed by atoms with Gasteiger partial charge in [-0.25, -0.2) is 0 Å². The summed E-state index contributed by atoms with van der Waals surface area (Å²) in [5.41, 5.74) is 1.10. The minimum absolute atomic E-state index is 0.139. The Morgan fingerprint density at radius 2 is 1.67 bits per heavy atom. The van der Waals surface area contributed by atoms with E-state index in [0.29, 0.717) is 0 Å². The van der Waals surface area contributed by atoms with Crippen molar-refractivity contribution in [2.45, 2.75) is 33.3 Å². The zero-order valence-electron chi connectivity index (χ0n) is 8.16. The molecule has 0 aliphatic carbocycles. The summed E-state index contributed by atoms with van der Waals surface area (Å²) >= 11 is 0. The lowest BCUT2D eigenvalue weighted by atomic mass is 10.2. The molecule has 1 rings (SSSR count). The highest BCUT2D eigenvalue weighted by Gasteiger charge is 2.17. The summed E-state index contributed by atoms with van der Waals surface area (Å²) in [6.45, 7) is 8.14. The maximum Gasteiger partial charge on any atom is 0.222 e. The molecule has 0 aliphatic heterocycles. The highest BCUT2D eigenvalue weighted by atomic mass is 16.7. The molecule has 12 heavy (non-hydrogen) atoms. The van der Waals surface area contributed by atoms with Crippen molar-refractivity contribution in [2.75, 3.05) is 0 Å². The van der Waals surface area contributed by atoms with E-state index in [-0.39, 0.29) is 5.60 Å². The first-order valence-corrected chi connectivity index (χ1v) is 4.15. The Morgan fingerprint density at radius 3 is 2.08 bits per heavy atom. The monoisotopic (exact) mass is 166 g/mol. The quantitative estimate of drug-likeness (QED) is 0.576. The molecule has 0 amide bonds. The highest BCUT2D eigenvalue weighted by Crippen LogP contribution is 1.98. The average molecular weight is 166 g/mol. The largest absolute Gasteiger partial charge is 0.266 e. The minimum atomic E-state index is -0.139. The van der Waals surface area contributed by atoms with Crippen LogP contribution in [0.3, 0.4) is 0 Å². The molecule has 0 saturated heterocycles. The number of rotatable bonds is 1.